The zero-order valence-corrected chi connectivity index (χ0v) is 21.9. The van der Waals surface area contributed by atoms with Crippen LogP contribution in [0.4, 0.5) is 13.2 Å². The van der Waals surface area contributed by atoms with E-state index in [1.807, 2.05) is 37.5 Å². The Labute approximate surface area is 224 Å². The number of amides is 2. The van der Waals surface area contributed by atoms with Crippen molar-refractivity contribution in [2.75, 3.05) is 26.7 Å². The molecule has 0 radical (unpaired) electrons. The topological polar surface area (TPSA) is 76.5 Å². The van der Waals surface area contributed by atoms with Gasteiger partial charge in [0.1, 0.15) is 0 Å². The van der Waals surface area contributed by atoms with Gasteiger partial charge in [-0.2, -0.15) is 18.3 Å². The number of aryl methyl sites for hydroxylation is 1. The second-order valence-electron chi connectivity index (χ2n) is 10.4. The van der Waals surface area contributed by atoms with Crippen molar-refractivity contribution in [1.82, 2.24) is 20.0 Å². The van der Waals surface area contributed by atoms with E-state index in [4.69, 9.17) is 4.74 Å². The van der Waals surface area contributed by atoms with E-state index in [0.717, 1.165) is 23.8 Å². The Morgan fingerprint density at radius 1 is 1.08 bits per heavy atom. The van der Waals surface area contributed by atoms with Crippen molar-refractivity contribution in [2.24, 2.45) is 12.5 Å². The number of nitrogens with one attached hydrogen (secondary N) is 1. The highest BCUT2D eigenvalue weighted by molar-refractivity contribution is 5.88. The monoisotopic (exact) mass is 540 g/mol. The van der Waals surface area contributed by atoms with Gasteiger partial charge >= 0.3 is 6.18 Å². The van der Waals surface area contributed by atoms with Gasteiger partial charge in [0.2, 0.25) is 5.91 Å². The number of piperidine rings is 2. The number of carbonyl (C=O) groups is 2. The molecule has 1 aromatic heterocycles. The Balaban J connectivity index is 1.46. The van der Waals surface area contributed by atoms with Gasteiger partial charge in [-0.1, -0.05) is 54.6 Å². The van der Waals surface area contributed by atoms with Gasteiger partial charge in [-0.05, 0) is 29.4 Å². The summed E-state index contributed by atoms with van der Waals surface area (Å²) in [6, 6.07) is 15.0. The molecule has 206 valence electrons. The number of rotatable bonds is 5. The highest BCUT2D eigenvalue weighted by Crippen LogP contribution is 2.52. The molecular formula is C29H31F3N4O3. The van der Waals surface area contributed by atoms with Crippen molar-refractivity contribution in [1.29, 1.82) is 0 Å². The molecule has 0 bridgehead atoms. The second-order valence-corrected chi connectivity index (χ2v) is 10.4. The molecule has 3 aromatic rings. The van der Waals surface area contributed by atoms with Gasteiger partial charge in [-0.15, -0.1) is 0 Å². The first-order valence-electron chi connectivity index (χ1n) is 12.9. The van der Waals surface area contributed by atoms with E-state index >= 15 is 0 Å². The van der Waals surface area contributed by atoms with Crippen LogP contribution in [0.1, 0.15) is 36.3 Å². The number of halogens is 3. The minimum Gasteiger partial charge on any atom is -0.356 e. The smallest absolute Gasteiger partial charge is 0.356 e. The first-order valence-corrected chi connectivity index (χ1v) is 12.9. The third-order valence-corrected chi connectivity index (χ3v) is 8.34. The average molecular weight is 541 g/mol. The largest absolute Gasteiger partial charge is 0.430 e. The van der Waals surface area contributed by atoms with Crippen LogP contribution in [-0.2, 0) is 27.0 Å². The number of methoxy groups -OCH3 is 1. The van der Waals surface area contributed by atoms with Crippen molar-refractivity contribution in [2.45, 2.75) is 37.0 Å². The molecule has 2 aliphatic heterocycles. The Bertz CT molecular complexity index is 1350. The highest BCUT2D eigenvalue weighted by atomic mass is 19.4. The van der Waals surface area contributed by atoms with E-state index in [0.29, 0.717) is 19.4 Å². The summed E-state index contributed by atoms with van der Waals surface area (Å²) in [4.78, 5) is 27.5. The van der Waals surface area contributed by atoms with Gasteiger partial charge in [0.25, 0.3) is 11.5 Å². The molecule has 2 aromatic carbocycles. The molecule has 39 heavy (non-hydrogen) atoms. The molecule has 1 N–H and O–H groups in total. The van der Waals surface area contributed by atoms with Crippen LogP contribution in [0.25, 0.3) is 11.1 Å². The Morgan fingerprint density at radius 2 is 1.74 bits per heavy atom. The zero-order valence-electron chi connectivity index (χ0n) is 21.9. The van der Waals surface area contributed by atoms with Gasteiger partial charge in [0.15, 0.2) is 0 Å². The molecule has 3 heterocycles. The minimum atomic E-state index is -4.97. The molecule has 0 unspecified atom stereocenters. The number of ether oxygens (including phenoxy) is 1. The Kier molecular flexibility index (Phi) is 7.00. The first kappa shape index (κ1) is 26.9. The van der Waals surface area contributed by atoms with Crippen molar-refractivity contribution in [3.05, 3.63) is 78.1 Å². The van der Waals surface area contributed by atoms with Crippen LogP contribution in [0.5, 0.6) is 0 Å². The molecule has 0 aliphatic carbocycles. The fourth-order valence-electron chi connectivity index (χ4n) is 6.31. The Morgan fingerprint density at radius 3 is 2.36 bits per heavy atom. The molecule has 1 spiro atoms. The summed E-state index contributed by atoms with van der Waals surface area (Å²) < 4.78 is 50.3. The molecule has 2 saturated heterocycles. The molecule has 2 atom stereocenters. The molecule has 2 aliphatic rings. The first-order chi connectivity index (χ1) is 18.6. The predicted octanol–water partition coefficient (Wildman–Crippen LogP) is 4.40. The van der Waals surface area contributed by atoms with Crippen LogP contribution in [0, 0.1) is 5.41 Å². The summed E-state index contributed by atoms with van der Waals surface area (Å²) in [7, 11) is 2.76. The van der Waals surface area contributed by atoms with E-state index in [2.05, 4.69) is 10.4 Å². The summed E-state index contributed by atoms with van der Waals surface area (Å²) in [5, 5.41) is 7.29. The number of hydrogen-bond donors (Lipinski definition) is 1. The van der Waals surface area contributed by atoms with Crippen molar-refractivity contribution in [3.63, 3.8) is 0 Å². The third kappa shape index (κ3) is 4.60. The normalized spacial score (nSPS) is 20.9. The molecule has 0 saturated carbocycles. The van der Waals surface area contributed by atoms with E-state index in [9.17, 15) is 22.8 Å². The lowest BCUT2D eigenvalue weighted by Crippen LogP contribution is -2.60. The number of aromatic nitrogens is 2. The van der Waals surface area contributed by atoms with Crippen LogP contribution >= 0.6 is 0 Å². The van der Waals surface area contributed by atoms with Crippen LogP contribution in [-0.4, -0.2) is 59.4 Å². The van der Waals surface area contributed by atoms with Crippen molar-refractivity contribution >= 4 is 11.8 Å². The van der Waals surface area contributed by atoms with E-state index in [-0.39, 0.29) is 36.9 Å². The number of benzene rings is 2. The van der Waals surface area contributed by atoms with Crippen molar-refractivity contribution < 1.29 is 27.5 Å². The summed E-state index contributed by atoms with van der Waals surface area (Å²) in [6.45, 7) is 0.593. The molecule has 2 fully saturated rings. The van der Waals surface area contributed by atoms with Crippen LogP contribution in [0.2, 0.25) is 0 Å². The van der Waals surface area contributed by atoms with Gasteiger partial charge in [-0.25, -0.2) is 0 Å². The van der Waals surface area contributed by atoms with Gasteiger partial charge < -0.3 is 15.0 Å². The maximum Gasteiger partial charge on any atom is 0.430 e. The maximum atomic E-state index is 14.5. The minimum absolute atomic E-state index is 0.0761. The molecular weight excluding hydrogens is 509 g/mol. The number of nitrogens with zero attached hydrogens (tertiary/aromatic N) is 3. The fraction of sp³-hybridized carbons (Fsp3) is 0.414. The standard InChI is InChI=1S/C29H31F3N4O3/c1-35-19-20(17-34-35)22-10-6-7-11-23(22)24-18-33-25(37)16-27(24)12-14-36(15-13-27)26(38)28(39-2,29(30,31)32)21-8-4-3-5-9-21/h3-11,17,19,24H,12-16,18H2,1-2H3,(H,33,37)/t24-,28-/m1/s1. The van der Waals surface area contributed by atoms with E-state index < -0.39 is 23.1 Å². The second kappa shape index (κ2) is 10.1. The van der Waals surface area contributed by atoms with Gasteiger partial charge in [0.05, 0.1) is 6.20 Å². The van der Waals surface area contributed by atoms with E-state index in [1.54, 1.807) is 16.9 Å². The number of alkyl halides is 3. The average Bonchev–Trinajstić information content (AvgIpc) is 3.36. The maximum absolute atomic E-state index is 14.5. The van der Waals surface area contributed by atoms with E-state index in [1.165, 1.54) is 29.2 Å². The van der Waals surface area contributed by atoms with Crippen LogP contribution < -0.4 is 5.32 Å². The van der Waals surface area contributed by atoms with Gasteiger partial charge in [0, 0.05) is 63.5 Å². The lowest BCUT2D eigenvalue weighted by molar-refractivity contribution is -0.271. The fourth-order valence-corrected chi connectivity index (χ4v) is 6.31. The number of hydrogen-bond acceptors (Lipinski definition) is 4. The summed E-state index contributed by atoms with van der Waals surface area (Å²) in [6.07, 6.45) is -0.215. The van der Waals surface area contributed by atoms with Gasteiger partial charge in [-0.3, -0.25) is 14.3 Å². The van der Waals surface area contributed by atoms with Crippen molar-refractivity contribution in [3.8, 4) is 11.1 Å². The lowest BCUT2D eigenvalue weighted by Gasteiger charge is -2.50. The predicted molar refractivity (Wildman–Crippen MR) is 138 cm³/mol. The van der Waals surface area contributed by atoms with Crippen LogP contribution in [0.3, 0.4) is 0 Å². The zero-order chi connectivity index (χ0) is 27.8. The molecule has 5 rings (SSSR count). The number of likely N-dealkylation sites (tertiary alicyclic amines) is 1. The van der Waals surface area contributed by atoms with Crippen LogP contribution in [0.15, 0.2) is 67.0 Å². The highest BCUT2D eigenvalue weighted by Gasteiger charge is 2.64. The molecule has 7 nitrogen and oxygen atoms in total. The molecule has 10 heteroatoms. The number of carbonyl (C=O) groups excluding carboxylic acids is 2. The quantitative estimate of drug-likeness (QED) is 0.521. The third-order valence-electron chi connectivity index (χ3n) is 8.34. The summed E-state index contributed by atoms with van der Waals surface area (Å²) >= 11 is 0. The summed E-state index contributed by atoms with van der Waals surface area (Å²) in [5.41, 5.74) is -0.857. The Hall–Kier alpha value is -3.66. The lowest BCUT2D eigenvalue weighted by atomic mass is 9.61. The molecule has 2 amide bonds. The SMILES string of the molecule is CO[C@@](C(=O)N1CCC2(CC1)CC(=O)NC[C@@H]2c1ccccc1-c1cnn(C)c1)(c1ccccc1)C(F)(F)F. The summed E-state index contributed by atoms with van der Waals surface area (Å²) in [5.74, 6) is -1.30.